The van der Waals surface area contributed by atoms with Gasteiger partial charge in [-0.25, -0.2) is 4.98 Å². The molecule has 0 amide bonds. The summed E-state index contributed by atoms with van der Waals surface area (Å²) in [5, 5.41) is 9.65. The van der Waals surface area contributed by atoms with E-state index in [4.69, 9.17) is 9.40 Å². The van der Waals surface area contributed by atoms with Crippen molar-refractivity contribution in [3.63, 3.8) is 0 Å². The highest BCUT2D eigenvalue weighted by Crippen LogP contribution is 2.43. The molecule has 9 aromatic rings. The minimum absolute atomic E-state index is 0.823. The normalized spacial score (nSPS) is 11.6. The maximum atomic E-state index is 6.23. The van der Waals surface area contributed by atoms with Gasteiger partial charge in [-0.3, -0.25) is 4.90 Å². The molecule has 0 radical (unpaired) electrons. The zero-order chi connectivity index (χ0) is 29.0. The van der Waals surface area contributed by atoms with E-state index >= 15 is 0 Å². The molecular weight excluding hydrogens is 536 g/mol. The Morgan fingerprint density at radius 1 is 0.455 bits per heavy atom. The van der Waals surface area contributed by atoms with E-state index in [-0.39, 0.29) is 0 Å². The van der Waals surface area contributed by atoms with Crippen molar-refractivity contribution < 1.29 is 4.42 Å². The van der Waals surface area contributed by atoms with Crippen LogP contribution in [0.25, 0.3) is 65.4 Å². The predicted octanol–water partition coefficient (Wildman–Crippen LogP) is 11.6. The van der Waals surface area contributed by atoms with E-state index in [1.165, 1.54) is 43.4 Å². The summed E-state index contributed by atoms with van der Waals surface area (Å²) in [7, 11) is 0. The summed E-state index contributed by atoms with van der Waals surface area (Å²) in [5.41, 5.74) is 6.14. The van der Waals surface area contributed by atoms with Gasteiger partial charge in [0.05, 0.1) is 5.39 Å². The number of fused-ring (bicyclic) bond motifs is 8. The minimum Gasteiger partial charge on any atom is -0.456 e. The highest BCUT2D eigenvalue weighted by Gasteiger charge is 2.21. The van der Waals surface area contributed by atoms with Crippen LogP contribution >= 0.6 is 0 Å². The Labute approximate surface area is 254 Å². The van der Waals surface area contributed by atoms with Crippen LogP contribution in [0.3, 0.4) is 0 Å². The zero-order valence-electron chi connectivity index (χ0n) is 23.8. The molecule has 3 nitrogen and oxygen atoms in total. The Morgan fingerprint density at radius 2 is 1.11 bits per heavy atom. The van der Waals surface area contributed by atoms with E-state index in [9.17, 15) is 0 Å². The highest BCUT2D eigenvalue weighted by molar-refractivity contribution is 6.21. The lowest BCUT2D eigenvalue weighted by atomic mass is 9.91. The number of aromatic nitrogens is 1. The van der Waals surface area contributed by atoms with E-state index in [2.05, 4.69) is 126 Å². The molecule has 3 heteroatoms. The number of anilines is 3. The second-order valence-corrected chi connectivity index (χ2v) is 11.2. The van der Waals surface area contributed by atoms with Gasteiger partial charge in [-0.2, -0.15) is 0 Å². The molecule has 7 aromatic carbocycles. The van der Waals surface area contributed by atoms with Crippen molar-refractivity contribution in [2.45, 2.75) is 0 Å². The topological polar surface area (TPSA) is 29.3 Å². The van der Waals surface area contributed by atoms with Crippen LogP contribution in [0.5, 0.6) is 0 Å². The average molecular weight is 563 g/mol. The molecule has 0 N–H and O–H groups in total. The van der Waals surface area contributed by atoms with Crippen LogP contribution in [-0.4, -0.2) is 4.98 Å². The SMILES string of the molecule is c1ccc(N(c2ccc(-c3cc4c5ccccc5ccc4c4ccccc34)cc2)c2nccc3oc4ccccc4c23)cc1. The molecule has 0 atom stereocenters. The van der Waals surface area contributed by atoms with Crippen molar-refractivity contribution in [3.05, 3.63) is 158 Å². The Balaban J connectivity index is 1.25. The third-order valence-corrected chi connectivity index (χ3v) is 8.70. The van der Waals surface area contributed by atoms with Crippen molar-refractivity contribution in [2.75, 3.05) is 4.90 Å². The summed E-state index contributed by atoms with van der Waals surface area (Å²) in [6, 6.07) is 53.6. The first kappa shape index (κ1) is 24.6. The molecule has 0 aliphatic carbocycles. The fourth-order valence-corrected chi connectivity index (χ4v) is 6.68. The summed E-state index contributed by atoms with van der Waals surface area (Å²) in [6.07, 6.45) is 1.83. The summed E-state index contributed by atoms with van der Waals surface area (Å²) in [5.74, 6) is 0.842. The monoisotopic (exact) mass is 562 g/mol. The number of hydrogen-bond donors (Lipinski definition) is 0. The molecule has 0 aliphatic heterocycles. The predicted molar refractivity (Wildman–Crippen MR) is 184 cm³/mol. The first-order valence-electron chi connectivity index (χ1n) is 14.9. The standard InChI is InChI=1S/C41H26N2O/c1-2-11-29(12-3-1)43(41-40-35-16-8-9-17-38(35)44-39(40)24-25-42-41)30-21-18-28(19-22-30)36-26-37-31-13-5-4-10-27(31)20-23-34(37)32-14-6-7-15-33(32)36/h1-26H. The van der Waals surface area contributed by atoms with Crippen LogP contribution in [0.2, 0.25) is 0 Å². The molecule has 0 saturated heterocycles. The van der Waals surface area contributed by atoms with Crippen LogP contribution in [0.15, 0.2) is 162 Å². The molecule has 206 valence electrons. The molecule has 44 heavy (non-hydrogen) atoms. The third kappa shape index (κ3) is 3.80. The van der Waals surface area contributed by atoms with Gasteiger partial charge >= 0.3 is 0 Å². The zero-order valence-corrected chi connectivity index (χ0v) is 23.8. The van der Waals surface area contributed by atoms with Gasteiger partial charge in [0.2, 0.25) is 0 Å². The Kier molecular flexibility index (Phi) is 5.50. The molecule has 0 aliphatic rings. The second-order valence-electron chi connectivity index (χ2n) is 11.2. The molecule has 0 saturated carbocycles. The molecule has 2 aromatic heterocycles. The van der Waals surface area contributed by atoms with Crippen LogP contribution < -0.4 is 4.90 Å². The summed E-state index contributed by atoms with van der Waals surface area (Å²) < 4.78 is 6.23. The molecule has 0 bridgehead atoms. The lowest BCUT2D eigenvalue weighted by Crippen LogP contribution is -2.11. The summed E-state index contributed by atoms with van der Waals surface area (Å²) in [6.45, 7) is 0. The highest BCUT2D eigenvalue weighted by atomic mass is 16.3. The number of benzene rings is 7. The van der Waals surface area contributed by atoms with E-state index in [1.807, 2.05) is 36.5 Å². The third-order valence-electron chi connectivity index (χ3n) is 8.70. The molecule has 2 heterocycles. The molecule has 0 unspecified atom stereocenters. The van der Waals surface area contributed by atoms with E-state index in [0.29, 0.717) is 0 Å². The molecule has 9 rings (SSSR count). The van der Waals surface area contributed by atoms with E-state index in [0.717, 1.165) is 39.1 Å². The van der Waals surface area contributed by atoms with Gasteiger partial charge in [-0.1, -0.05) is 109 Å². The van der Waals surface area contributed by atoms with Crippen LogP contribution in [0.1, 0.15) is 0 Å². The fraction of sp³-hybridized carbons (Fsp3) is 0. The van der Waals surface area contributed by atoms with Gasteiger partial charge in [-0.15, -0.1) is 0 Å². The Morgan fingerprint density at radius 3 is 1.95 bits per heavy atom. The maximum Gasteiger partial charge on any atom is 0.149 e. The van der Waals surface area contributed by atoms with Crippen LogP contribution in [0.4, 0.5) is 17.2 Å². The largest absolute Gasteiger partial charge is 0.456 e. The van der Waals surface area contributed by atoms with Crippen molar-refractivity contribution in [3.8, 4) is 11.1 Å². The van der Waals surface area contributed by atoms with Gasteiger partial charge in [0.1, 0.15) is 17.0 Å². The van der Waals surface area contributed by atoms with Gasteiger partial charge < -0.3 is 4.42 Å². The number of hydrogen-bond acceptors (Lipinski definition) is 3. The van der Waals surface area contributed by atoms with Gasteiger partial charge in [0.25, 0.3) is 0 Å². The lowest BCUT2D eigenvalue weighted by molar-refractivity contribution is 0.668. The number of para-hydroxylation sites is 2. The summed E-state index contributed by atoms with van der Waals surface area (Å²) >= 11 is 0. The lowest BCUT2D eigenvalue weighted by Gasteiger charge is -2.25. The maximum absolute atomic E-state index is 6.23. The van der Waals surface area contributed by atoms with Gasteiger partial charge in [-0.05, 0) is 85.9 Å². The smallest absolute Gasteiger partial charge is 0.149 e. The number of rotatable bonds is 4. The van der Waals surface area contributed by atoms with E-state index in [1.54, 1.807) is 0 Å². The van der Waals surface area contributed by atoms with Crippen molar-refractivity contribution >= 4 is 71.4 Å². The Hall–Kier alpha value is -5.93. The number of pyridine rings is 1. The van der Waals surface area contributed by atoms with Crippen LogP contribution in [-0.2, 0) is 0 Å². The van der Waals surface area contributed by atoms with Gasteiger partial charge in [0.15, 0.2) is 0 Å². The minimum atomic E-state index is 0.823. The Bertz CT molecular complexity index is 2490. The number of nitrogens with zero attached hydrogens (tertiary/aromatic N) is 2. The van der Waals surface area contributed by atoms with Crippen molar-refractivity contribution in [1.29, 1.82) is 0 Å². The second kappa shape index (κ2) is 9.82. The summed E-state index contributed by atoms with van der Waals surface area (Å²) in [4.78, 5) is 7.16. The van der Waals surface area contributed by atoms with E-state index < -0.39 is 0 Å². The average Bonchev–Trinajstić information content (AvgIpc) is 3.48. The molecule has 0 spiro atoms. The van der Waals surface area contributed by atoms with Crippen LogP contribution in [0, 0.1) is 0 Å². The van der Waals surface area contributed by atoms with Crippen molar-refractivity contribution in [1.82, 2.24) is 4.98 Å². The first-order valence-corrected chi connectivity index (χ1v) is 14.9. The first-order chi connectivity index (χ1) is 21.8. The molecule has 0 fully saturated rings. The van der Waals surface area contributed by atoms with Crippen molar-refractivity contribution in [2.24, 2.45) is 0 Å². The molecular formula is C41H26N2O. The quantitative estimate of drug-likeness (QED) is 0.200. The number of furan rings is 1. The fourth-order valence-electron chi connectivity index (χ4n) is 6.68. The van der Waals surface area contributed by atoms with Gasteiger partial charge in [0, 0.05) is 23.0 Å².